The molecular weight excluding hydrogens is 336 g/mol. The second-order valence-corrected chi connectivity index (χ2v) is 8.09. The van der Waals surface area contributed by atoms with E-state index < -0.39 is 0 Å². The van der Waals surface area contributed by atoms with Crippen molar-refractivity contribution in [1.29, 1.82) is 0 Å². The number of fused-ring (bicyclic) bond motifs is 2. The summed E-state index contributed by atoms with van der Waals surface area (Å²) in [5.41, 5.74) is 10.5. The van der Waals surface area contributed by atoms with Crippen molar-refractivity contribution < 1.29 is 0 Å². The molecule has 2 aliphatic rings. The molecule has 0 radical (unpaired) electrons. The molecule has 5 rings (SSSR count). The van der Waals surface area contributed by atoms with E-state index in [-0.39, 0.29) is 0 Å². The molecule has 0 heterocycles. The van der Waals surface area contributed by atoms with Crippen LogP contribution in [0.15, 0.2) is 66.7 Å². The third kappa shape index (κ3) is 5.83. The largest absolute Gasteiger partial charge is 0.0620 e. The molecule has 3 aromatic rings. The van der Waals surface area contributed by atoms with Crippen molar-refractivity contribution >= 4 is 0 Å². The molecule has 0 aliphatic heterocycles. The minimum atomic E-state index is 1.14. The molecule has 2 aliphatic carbocycles. The Kier molecular flexibility index (Phi) is 7.48. The van der Waals surface area contributed by atoms with Crippen molar-refractivity contribution in [3.63, 3.8) is 0 Å². The molecule has 0 heteroatoms. The molecule has 0 N–H and O–H groups in total. The van der Waals surface area contributed by atoms with Crippen LogP contribution in [-0.2, 0) is 32.1 Å². The molecule has 0 nitrogen and oxygen atoms in total. The van der Waals surface area contributed by atoms with Crippen LogP contribution in [0, 0.1) is 13.8 Å². The van der Waals surface area contributed by atoms with Crippen LogP contribution in [0.1, 0.15) is 58.7 Å². The van der Waals surface area contributed by atoms with Crippen LogP contribution in [0.2, 0.25) is 0 Å². The standard InChI is InChI=1S/C10H12.C9H10.C9H12/c1-8-5-6-9-3-2-4-10(9)7-8;1-2-5-9-7-3-6-8(9)4-1;1-3-9-6-4-5-8(2)7-9/h5-7H,2-4H2,1H3;1-2,4-5H,3,6-7H2;4-7H,3H2,1-2H3. The van der Waals surface area contributed by atoms with E-state index in [1.165, 1.54) is 55.2 Å². The first-order valence-electron chi connectivity index (χ1n) is 10.9. The molecule has 0 aromatic heterocycles. The minimum absolute atomic E-state index is 1.14. The summed E-state index contributed by atoms with van der Waals surface area (Å²) in [4.78, 5) is 0. The predicted octanol–water partition coefficient (Wildman–Crippen LogP) is 7.22. The fourth-order valence-electron chi connectivity index (χ4n) is 4.15. The molecule has 3 aromatic carbocycles. The van der Waals surface area contributed by atoms with E-state index in [0.717, 1.165) is 6.42 Å². The number of hydrogen-bond donors (Lipinski definition) is 0. The fourth-order valence-corrected chi connectivity index (χ4v) is 4.15. The Labute approximate surface area is 171 Å². The topological polar surface area (TPSA) is 0 Å². The van der Waals surface area contributed by atoms with Gasteiger partial charge >= 0.3 is 0 Å². The van der Waals surface area contributed by atoms with E-state index in [4.69, 9.17) is 0 Å². The number of benzene rings is 3. The SMILES string of the molecule is CCc1cccc(C)c1.Cc1ccc2c(c1)CCC2.c1ccc2c(c1)CCC2. The first kappa shape index (κ1) is 20.4. The van der Waals surface area contributed by atoms with Gasteiger partial charge in [0.2, 0.25) is 0 Å². The first-order chi connectivity index (χ1) is 13.7. The second kappa shape index (κ2) is 10.3. The Morgan fingerprint density at radius 1 is 0.571 bits per heavy atom. The van der Waals surface area contributed by atoms with Gasteiger partial charge in [0.15, 0.2) is 0 Å². The summed E-state index contributed by atoms with van der Waals surface area (Å²) < 4.78 is 0. The van der Waals surface area contributed by atoms with Crippen LogP contribution in [0.25, 0.3) is 0 Å². The van der Waals surface area contributed by atoms with Gasteiger partial charge in [-0.3, -0.25) is 0 Å². The van der Waals surface area contributed by atoms with Crippen molar-refractivity contribution in [1.82, 2.24) is 0 Å². The van der Waals surface area contributed by atoms with Crippen molar-refractivity contribution in [2.24, 2.45) is 0 Å². The highest BCUT2D eigenvalue weighted by atomic mass is 14.1. The van der Waals surface area contributed by atoms with Crippen molar-refractivity contribution in [2.45, 2.75) is 65.7 Å². The molecule has 28 heavy (non-hydrogen) atoms. The lowest BCUT2D eigenvalue weighted by Crippen LogP contribution is -1.81. The third-order valence-electron chi connectivity index (χ3n) is 5.76. The van der Waals surface area contributed by atoms with Crippen LogP contribution in [0.3, 0.4) is 0 Å². The lowest BCUT2D eigenvalue weighted by Gasteiger charge is -1.98. The van der Waals surface area contributed by atoms with Gasteiger partial charge in [0.05, 0.1) is 0 Å². The van der Waals surface area contributed by atoms with E-state index in [1.807, 2.05) is 0 Å². The van der Waals surface area contributed by atoms with E-state index in [0.29, 0.717) is 0 Å². The summed E-state index contributed by atoms with van der Waals surface area (Å²) in [6, 6.07) is 24.2. The lowest BCUT2D eigenvalue weighted by atomic mass is 10.1. The van der Waals surface area contributed by atoms with Gasteiger partial charge in [0.1, 0.15) is 0 Å². The van der Waals surface area contributed by atoms with E-state index in [9.17, 15) is 0 Å². The molecule has 0 saturated heterocycles. The van der Waals surface area contributed by atoms with Crippen LogP contribution in [-0.4, -0.2) is 0 Å². The summed E-state index contributed by atoms with van der Waals surface area (Å²) in [5.74, 6) is 0. The lowest BCUT2D eigenvalue weighted by molar-refractivity contribution is 0.911. The van der Waals surface area contributed by atoms with E-state index in [1.54, 1.807) is 22.3 Å². The fraction of sp³-hybridized carbons (Fsp3) is 0.357. The average Bonchev–Trinajstić information content (AvgIpc) is 3.37. The Morgan fingerprint density at radius 3 is 1.71 bits per heavy atom. The van der Waals surface area contributed by atoms with Crippen molar-refractivity contribution in [2.75, 3.05) is 0 Å². The number of hydrogen-bond acceptors (Lipinski definition) is 0. The van der Waals surface area contributed by atoms with Gasteiger partial charge in [-0.2, -0.15) is 0 Å². The maximum atomic E-state index is 2.32. The highest BCUT2D eigenvalue weighted by molar-refractivity contribution is 5.34. The Balaban J connectivity index is 0.000000121. The van der Waals surface area contributed by atoms with Crippen molar-refractivity contribution in [3.8, 4) is 0 Å². The van der Waals surface area contributed by atoms with Gasteiger partial charge in [-0.1, -0.05) is 84.8 Å². The Morgan fingerprint density at radius 2 is 1.14 bits per heavy atom. The summed E-state index contributed by atoms with van der Waals surface area (Å²) >= 11 is 0. The van der Waals surface area contributed by atoms with Crippen LogP contribution < -0.4 is 0 Å². The second-order valence-electron chi connectivity index (χ2n) is 8.09. The molecule has 0 bridgehead atoms. The van der Waals surface area contributed by atoms with Crippen LogP contribution in [0.4, 0.5) is 0 Å². The van der Waals surface area contributed by atoms with Gasteiger partial charge in [-0.05, 0) is 86.6 Å². The summed E-state index contributed by atoms with van der Waals surface area (Å²) in [7, 11) is 0. The zero-order chi connectivity index (χ0) is 19.8. The third-order valence-corrected chi connectivity index (χ3v) is 5.76. The quantitative estimate of drug-likeness (QED) is 0.424. The van der Waals surface area contributed by atoms with Gasteiger partial charge in [0.25, 0.3) is 0 Å². The smallest absolute Gasteiger partial charge is 0.0273 e. The molecule has 0 fully saturated rings. The van der Waals surface area contributed by atoms with Gasteiger partial charge in [-0.15, -0.1) is 0 Å². The zero-order valence-corrected chi connectivity index (χ0v) is 17.8. The van der Waals surface area contributed by atoms with E-state index >= 15 is 0 Å². The normalized spacial score (nSPS) is 13.5. The van der Waals surface area contributed by atoms with Crippen LogP contribution >= 0.6 is 0 Å². The molecule has 146 valence electrons. The van der Waals surface area contributed by atoms with Gasteiger partial charge < -0.3 is 0 Å². The zero-order valence-electron chi connectivity index (χ0n) is 17.8. The van der Waals surface area contributed by atoms with Gasteiger partial charge in [0, 0.05) is 0 Å². The van der Waals surface area contributed by atoms with Crippen LogP contribution in [0.5, 0.6) is 0 Å². The molecule has 0 saturated carbocycles. The van der Waals surface area contributed by atoms with Gasteiger partial charge in [-0.25, -0.2) is 0 Å². The molecule has 0 amide bonds. The number of rotatable bonds is 1. The molecule has 0 atom stereocenters. The average molecular weight is 371 g/mol. The first-order valence-corrected chi connectivity index (χ1v) is 10.9. The summed E-state index contributed by atoms with van der Waals surface area (Å²) in [6.07, 6.45) is 9.07. The maximum Gasteiger partial charge on any atom is -0.0273 e. The van der Waals surface area contributed by atoms with E-state index in [2.05, 4.69) is 87.5 Å². The molecule has 0 spiro atoms. The maximum absolute atomic E-state index is 2.32. The van der Waals surface area contributed by atoms with Crippen molar-refractivity contribution in [3.05, 3.63) is 106 Å². The molecular formula is C28H34. The minimum Gasteiger partial charge on any atom is -0.0620 e. The molecule has 0 unspecified atom stereocenters. The number of aryl methyl sites for hydroxylation is 7. The summed E-state index contributed by atoms with van der Waals surface area (Å²) in [6.45, 7) is 6.46. The summed E-state index contributed by atoms with van der Waals surface area (Å²) in [5, 5.41) is 0. The predicted molar refractivity (Wildman–Crippen MR) is 122 cm³/mol. The highest BCUT2D eigenvalue weighted by Gasteiger charge is 2.09. The Hall–Kier alpha value is -2.34. The monoisotopic (exact) mass is 370 g/mol. The Bertz CT molecular complexity index is 865. The highest BCUT2D eigenvalue weighted by Crippen LogP contribution is 2.22.